The number of nitrogens with one attached hydrogen (secondary N) is 1. The molecular weight excluding hydrogens is 400 g/mol. The molecule has 0 saturated heterocycles. The van der Waals surface area contributed by atoms with Crippen molar-refractivity contribution in [2.75, 3.05) is 6.54 Å². The summed E-state index contributed by atoms with van der Waals surface area (Å²) in [5.74, 6) is 0.148. The number of nitrogens with zero attached hydrogens (tertiary/aromatic N) is 1. The van der Waals surface area contributed by atoms with Crippen molar-refractivity contribution in [3.05, 3.63) is 70.3 Å². The molecule has 0 atom stereocenters. The first-order valence-electron chi connectivity index (χ1n) is 9.76. The molecular formula is C23H27BrN2O. The van der Waals surface area contributed by atoms with Crippen molar-refractivity contribution in [1.82, 2.24) is 9.88 Å². The van der Waals surface area contributed by atoms with E-state index >= 15 is 0 Å². The highest BCUT2D eigenvalue weighted by atomic mass is 79.9. The highest BCUT2D eigenvalue weighted by Gasteiger charge is 2.09. The topological polar surface area (TPSA) is 34.0 Å². The lowest BCUT2D eigenvalue weighted by molar-refractivity contribution is -0.121. The van der Waals surface area contributed by atoms with Gasteiger partial charge in [0, 0.05) is 41.1 Å². The molecule has 3 aromatic rings. The highest BCUT2D eigenvalue weighted by Crippen LogP contribution is 2.23. The maximum Gasteiger partial charge on any atom is 0.219 e. The predicted octanol–water partition coefficient (Wildman–Crippen LogP) is 5.50. The molecule has 4 heteroatoms. The number of rotatable bonds is 9. The average molecular weight is 427 g/mol. The average Bonchev–Trinajstić information content (AvgIpc) is 3.02. The molecule has 1 N–H and O–H groups in total. The van der Waals surface area contributed by atoms with Gasteiger partial charge in [-0.1, -0.05) is 59.3 Å². The molecule has 0 saturated carbocycles. The number of hydrogen-bond acceptors (Lipinski definition) is 1. The van der Waals surface area contributed by atoms with Crippen molar-refractivity contribution in [2.24, 2.45) is 0 Å². The molecule has 1 heterocycles. The van der Waals surface area contributed by atoms with Crippen LogP contribution in [0.25, 0.3) is 10.9 Å². The van der Waals surface area contributed by atoms with Crippen molar-refractivity contribution in [1.29, 1.82) is 0 Å². The lowest BCUT2D eigenvalue weighted by Gasteiger charge is -2.07. The van der Waals surface area contributed by atoms with Gasteiger partial charge in [-0.15, -0.1) is 0 Å². The molecule has 3 rings (SSSR count). The van der Waals surface area contributed by atoms with E-state index < -0.39 is 0 Å². The minimum Gasteiger partial charge on any atom is -0.356 e. The highest BCUT2D eigenvalue weighted by molar-refractivity contribution is 9.10. The van der Waals surface area contributed by atoms with Gasteiger partial charge < -0.3 is 9.88 Å². The first-order chi connectivity index (χ1) is 13.2. The Kier molecular flexibility index (Phi) is 7.11. The summed E-state index contributed by atoms with van der Waals surface area (Å²) < 4.78 is 3.54. The minimum absolute atomic E-state index is 0.148. The Labute approximate surface area is 169 Å². The molecule has 0 aliphatic rings. The van der Waals surface area contributed by atoms with E-state index in [0.717, 1.165) is 32.2 Å². The number of aryl methyl sites for hydroxylation is 2. The van der Waals surface area contributed by atoms with Gasteiger partial charge >= 0.3 is 0 Å². The zero-order valence-electron chi connectivity index (χ0n) is 15.9. The summed E-state index contributed by atoms with van der Waals surface area (Å²) in [7, 11) is 0. The first kappa shape index (κ1) is 19.7. The Morgan fingerprint density at radius 2 is 1.81 bits per heavy atom. The number of carbonyl (C=O) groups is 1. The van der Waals surface area contributed by atoms with Crippen LogP contribution >= 0.6 is 15.9 Å². The largest absolute Gasteiger partial charge is 0.356 e. The number of para-hydroxylation sites is 1. The Bertz CT molecular complexity index is 900. The molecule has 0 aliphatic heterocycles. The molecule has 0 unspecified atom stereocenters. The van der Waals surface area contributed by atoms with Gasteiger partial charge in [0.25, 0.3) is 0 Å². The second-order valence-corrected chi connectivity index (χ2v) is 7.76. The number of halogens is 1. The van der Waals surface area contributed by atoms with Crippen LogP contribution in [0, 0.1) is 0 Å². The van der Waals surface area contributed by atoms with Crippen LogP contribution in [0.15, 0.2) is 59.2 Å². The molecule has 0 bridgehead atoms. The molecule has 0 spiro atoms. The second-order valence-electron chi connectivity index (χ2n) is 6.91. The van der Waals surface area contributed by atoms with Gasteiger partial charge in [0.1, 0.15) is 0 Å². The summed E-state index contributed by atoms with van der Waals surface area (Å²) in [6, 6.07) is 17.0. The SMILES string of the molecule is CCCC(=O)NCCc1cn(CCCc2ccccc2Br)c2ccccc12. The number of fused-ring (bicyclic) bond motifs is 1. The lowest BCUT2D eigenvalue weighted by atomic mass is 10.1. The summed E-state index contributed by atoms with van der Waals surface area (Å²) in [4.78, 5) is 11.7. The van der Waals surface area contributed by atoms with Gasteiger partial charge in [-0.2, -0.15) is 0 Å². The lowest BCUT2D eigenvalue weighted by Crippen LogP contribution is -2.25. The molecule has 27 heavy (non-hydrogen) atoms. The summed E-state index contributed by atoms with van der Waals surface area (Å²) in [6.07, 6.45) is 6.77. The first-order valence-corrected chi connectivity index (χ1v) is 10.5. The normalized spacial score (nSPS) is 11.0. The zero-order chi connectivity index (χ0) is 19.1. The molecule has 0 radical (unpaired) electrons. The van der Waals surface area contributed by atoms with E-state index in [1.807, 2.05) is 6.92 Å². The van der Waals surface area contributed by atoms with E-state index in [-0.39, 0.29) is 5.91 Å². The predicted molar refractivity (Wildman–Crippen MR) is 116 cm³/mol. The number of amides is 1. The van der Waals surface area contributed by atoms with E-state index in [1.165, 1.54) is 26.5 Å². The van der Waals surface area contributed by atoms with Gasteiger partial charge in [0.05, 0.1) is 0 Å². The Morgan fingerprint density at radius 1 is 1.04 bits per heavy atom. The van der Waals surface area contributed by atoms with Crippen molar-refractivity contribution in [3.8, 4) is 0 Å². The van der Waals surface area contributed by atoms with Crippen LogP contribution in [-0.4, -0.2) is 17.0 Å². The van der Waals surface area contributed by atoms with Crippen LogP contribution in [0.5, 0.6) is 0 Å². The van der Waals surface area contributed by atoms with Crippen LogP contribution in [0.4, 0.5) is 0 Å². The summed E-state index contributed by atoms with van der Waals surface area (Å²) in [5.41, 5.74) is 3.94. The number of benzene rings is 2. The maximum atomic E-state index is 11.7. The number of aromatic nitrogens is 1. The maximum absolute atomic E-state index is 11.7. The van der Waals surface area contributed by atoms with E-state index in [0.29, 0.717) is 13.0 Å². The van der Waals surface area contributed by atoms with Crippen LogP contribution in [0.2, 0.25) is 0 Å². The third-order valence-electron chi connectivity index (χ3n) is 4.87. The van der Waals surface area contributed by atoms with Gasteiger partial charge in [-0.25, -0.2) is 0 Å². The Hall–Kier alpha value is -2.07. The Balaban J connectivity index is 1.65. The molecule has 0 fully saturated rings. The summed E-state index contributed by atoms with van der Waals surface area (Å²) >= 11 is 3.64. The zero-order valence-corrected chi connectivity index (χ0v) is 17.5. The molecule has 2 aromatic carbocycles. The standard InChI is InChI=1S/C23H27BrN2O/c1-2-8-23(27)25-15-14-19-17-26(22-13-6-4-11-20(19)22)16-7-10-18-9-3-5-12-21(18)24/h3-6,9,11-13,17H,2,7-8,10,14-16H2,1H3,(H,25,27). The van der Waals surface area contributed by atoms with E-state index in [2.05, 4.69) is 80.5 Å². The van der Waals surface area contributed by atoms with Gasteiger partial charge in [-0.05, 0) is 48.9 Å². The quantitative estimate of drug-likeness (QED) is 0.481. The molecule has 1 amide bonds. The second kappa shape index (κ2) is 9.75. The van der Waals surface area contributed by atoms with Crippen LogP contribution in [-0.2, 0) is 24.2 Å². The van der Waals surface area contributed by atoms with Crippen molar-refractivity contribution in [2.45, 2.75) is 45.6 Å². The van der Waals surface area contributed by atoms with Gasteiger partial charge in [0.2, 0.25) is 5.91 Å². The monoisotopic (exact) mass is 426 g/mol. The third kappa shape index (κ3) is 5.23. The fourth-order valence-electron chi connectivity index (χ4n) is 3.50. The van der Waals surface area contributed by atoms with E-state index in [4.69, 9.17) is 0 Å². The van der Waals surface area contributed by atoms with E-state index in [9.17, 15) is 4.79 Å². The summed E-state index contributed by atoms with van der Waals surface area (Å²) in [5, 5.41) is 4.32. The van der Waals surface area contributed by atoms with Crippen LogP contribution in [0.3, 0.4) is 0 Å². The number of hydrogen-bond donors (Lipinski definition) is 1. The van der Waals surface area contributed by atoms with Crippen molar-refractivity contribution < 1.29 is 4.79 Å². The van der Waals surface area contributed by atoms with Gasteiger partial charge in [0.15, 0.2) is 0 Å². The fourth-order valence-corrected chi connectivity index (χ4v) is 3.98. The smallest absolute Gasteiger partial charge is 0.219 e. The summed E-state index contributed by atoms with van der Waals surface area (Å²) in [6.45, 7) is 3.72. The molecule has 0 aliphatic carbocycles. The fraction of sp³-hybridized carbons (Fsp3) is 0.348. The van der Waals surface area contributed by atoms with Crippen LogP contribution in [0.1, 0.15) is 37.3 Å². The van der Waals surface area contributed by atoms with Gasteiger partial charge in [-0.3, -0.25) is 4.79 Å². The molecule has 1 aromatic heterocycles. The van der Waals surface area contributed by atoms with Crippen LogP contribution < -0.4 is 5.32 Å². The van der Waals surface area contributed by atoms with Crippen molar-refractivity contribution >= 4 is 32.7 Å². The molecule has 3 nitrogen and oxygen atoms in total. The third-order valence-corrected chi connectivity index (χ3v) is 5.64. The molecule has 142 valence electrons. The number of carbonyl (C=O) groups excluding carboxylic acids is 1. The minimum atomic E-state index is 0.148. The Morgan fingerprint density at radius 3 is 2.63 bits per heavy atom. The van der Waals surface area contributed by atoms with E-state index in [1.54, 1.807) is 0 Å². The van der Waals surface area contributed by atoms with Crippen molar-refractivity contribution in [3.63, 3.8) is 0 Å².